The Labute approximate surface area is 176 Å². The van der Waals surface area contributed by atoms with Crippen molar-refractivity contribution in [1.29, 1.82) is 0 Å². The van der Waals surface area contributed by atoms with Crippen LogP contribution in [0.3, 0.4) is 0 Å². The van der Waals surface area contributed by atoms with Gasteiger partial charge >= 0.3 is 6.03 Å². The van der Waals surface area contributed by atoms with Crippen LogP contribution in [0.25, 0.3) is 0 Å². The molecule has 0 aliphatic heterocycles. The van der Waals surface area contributed by atoms with E-state index in [1.807, 2.05) is 33.8 Å². The number of ether oxygens (including phenoxy) is 2. The van der Waals surface area contributed by atoms with E-state index < -0.39 is 11.9 Å². The second-order valence-electron chi connectivity index (χ2n) is 7.42. The Kier molecular flexibility index (Phi) is 7.52. The zero-order valence-corrected chi connectivity index (χ0v) is 18.1. The zero-order valence-electron chi connectivity index (χ0n) is 18.1. The summed E-state index contributed by atoms with van der Waals surface area (Å²) < 4.78 is 10.3. The molecule has 0 aromatic heterocycles. The topological polar surface area (TPSA) is 109 Å². The van der Waals surface area contributed by atoms with Crippen molar-refractivity contribution >= 4 is 17.6 Å². The lowest BCUT2D eigenvalue weighted by Gasteiger charge is -2.17. The molecule has 3 amide bonds. The van der Waals surface area contributed by atoms with Crippen molar-refractivity contribution in [2.24, 2.45) is 0 Å². The lowest BCUT2D eigenvalue weighted by atomic mass is 9.92. The van der Waals surface area contributed by atoms with Gasteiger partial charge in [-0.1, -0.05) is 33.8 Å². The minimum atomic E-state index is -0.671. The number of methoxy groups -OCH3 is 2. The summed E-state index contributed by atoms with van der Waals surface area (Å²) in [6, 6.07) is 7.77. The SMILES string of the molecule is COc1ccc(NC(=O)NNC(=O)c2cc(C(C)C)cc(C(C)C)c2O)c(OC)c1. The molecule has 0 saturated carbocycles. The van der Waals surface area contributed by atoms with Gasteiger partial charge in [0, 0.05) is 6.07 Å². The number of hydrazine groups is 1. The second kappa shape index (κ2) is 9.87. The normalized spacial score (nSPS) is 10.7. The van der Waals surface area contributed by atoms with Gasteiger partial charge in [-0.2, -0.15) is 0 Å². The van der Waals surface area contributed by atoms with Crippen LogP contribution in [-0.2, 0) is 0 Å². The van der Waals surface area contributed by atoms with Gasteiger partial charge in [-0.15, -0.1) is 0 Å². The minimum Gasteiger partial charge on any atom is -0.507 e. The lowest BCUT2D eigenvalue weighted by Crippen LogP contribution is -2.44. The van der Waals surface area contributed by atoms with E-state index in [0.717, 1.165) is 5.56 Å². The largest absolute Gasteiger partial charge is 0.507 e. The van der Waals surface area contributed by atoms with E-state index in [-0.39, 0.29) is 23.1 Å². The van der Waals surface area contributed by atoms with Gasteiger partial charge in [0.2, 0.25) is 0 Å². The van der Waals surface area contributed by atoms with Gasteiger partial charge in [0.25, 0.3) is 5.91 Å². The van der Waals surface area contributed by atoms with Crippen molar-refractivity contribution < 1.29 is 24.2 Å². The molecule has 2 rings (SSSR count). The van der Waals surface area contributed by atoms with Crippen LogP contribution in [0.1, 0.15) is 61.0 Å². The number of phenols is 1. The van der Waals surface area contributed by atoms with Crippen molar-refractivity contribution in [3.8, 4) is 17.2 Å². The standard InChI is InChI=1S/C22H29N3O5/c1-12(2)14-9-16(13(3)4)20(26)17(10-14)21(27)24-25-22(28)23-18-8-7-15(29-5)11-19(18)30-6/h7-13,26H,1-6H3,(H,24,27)(H2,23,25,28). The Bertz CT molecular complexity index is 925. The highest BCUT2D eigenvalue weighted by Crippen LogP contribution is 2.33. The predicted octanol–water partition coefficient (Wildman–Crippen LogP) is 4.12. The van der Waals surface area contributed by atoms with E-state index in [4.69, 9.17) is 9.47 Å². The van der Waals surface area contributed by atoms with Gasteiger partial charge in [-0.25, -0.2) is 10.2 Å². The van der Waals surface area contributed by atoms with Crippen LogP contribution in [0.5, 0.6) is 17.2 Å². The average molecular weight is 415 g/mol. The van der Waals surface area contributed by atoms with Gasteiger partial charge in [-0.05, 0) is 41.2 Å². The van der Waals surface area contributed by atoms with Crippen LogP contribution < -0.4 is 25.6 Å². The highest BCUT2D eigenvalue weighted by atomic mass is 16.5. The quantitative estimate of drug-likeness (QED) is 0.531. The number of phenolic OH excluding ortho intramolecular Hbond substituents is 1. The van der Waals surface area contributed by atoms with E-state index >= 15 is 0 Å². The van der Waals surface area contributed by atoms with Crippen LogP contribution >= 0.6 is 0 Å². The molecular weight excluding hydrogens is 386 g/mol. The Morgan fingerprint density at radius 1 is 0.933 bits per heavy atom. The molecule has 2 aromatic rings. The first-order valence-electron chi connectivity index (χ1n) is 9.64. The molecule has 8 nitrogen and oxygen atoms in total. The third-order valence-electron chi connectivity index (χ3n) is 4.64. The molecule has 2 aromatic carbocycles. The molecular formula is C22H29N3O5. The van der Waals surface area contributed by atoms with Crippen LogP contribution in [0.4, 0.5) is 10.5 Å². The molecule has 0 aliphatic rings. The predicted molar refractivity (Wildman–Crippen MR) is 115 cm³/mol. The monoisotopic (exact) mass is 415 g/mol. The zero-order chi connectivity index (χ0) is 22.4. The number of nitrogens with one attached hydrogen (secondary N) is 3. The summed E-state index contributed by atoms with van der Waals surface area (Å²) in [4.78, 5) is 24.8. The fraction of sp³-hybridized carbons (Fsp3) is 0.364. The summed E-state index contributed by atoms with van der Waals surface area (Å²) in [6.07, 6.45) is 0. The summed E-state index contributed by atoms with van der Waals surface area (Å²) >= 11 is 0. The van der Waals surface area contributed by atoms with E-state index in [0.29, 0.717) is 22.7 Å². The average Bonchev–Trinajstić information content (AvgIpc) is 2.71. The first-order chi connectivity index (χ1) is 14.2. The van der Waals surface area contributed by atoms with Gasteiger partial charge in [-0.3, -0.25) is 10.2 Å². The summed E-state index contributed by atoms with van der Waals surface area (Å²) in [5.74, 6) is 0.481. The van der Waals surface area contributed by atoms with Gasteiger partial charge in [0.05, 0.1) is 25.5 Å². The van der Waals surface area contributed by atoms with E-state index in [1.54, 1.807) is 24.3 Å². The number of carbonyl (C=O) groups excluding carboxylic acids is 2. The number of amides is 3. The van der Waals surface area contributed by atoms with Gasteiger partial charge in [0.1, 0.15) is 17.2 Å². The molecule has 0 atom stereocenters. The molecule has 0 saturated heterocycles. The number of carbonyl (C=O) groups is 2. The first-order valence-corrected chi connectivity index (χ1v) is 9.64. The maximum absolute atomic E-state index is 12.6. The van der Waals surface area contributed by atoms with E-state index in [1.165, 1.54) is 14.2 Å². The van der Waals surface area contributed by atoms with Crippen LogP contribution in [0, 0.1) is 0 Å². The Morgan fingerprint density at radius 2 is 1.63 bits per heavy atom. The highest BCUT2D eigenvalue weighted by Gasteiger charge is 2.20. The molecule has 4 N–H and O–H groups in total. The van der Waals surface area contributed by atoms with E-state index in [9.17, 15) is 14.7 Å². The molecule has 162 valence electrons. The van der Waals surface area contributed by atoms with Gasteiger partial charge < -0.3 is 19.9 Å². The molecule has 0 spiro atoms. The Morgan fingerprint density at radius 3 is 2.20 bits per heavy atom. The summed E-state index contributed by atoms with van der Waals surface area (Å²) in [5, 5.41) is 13.1. The minimum absolute atomic E-state index is 0.0362. The molecule has 8 heteroatoms. The number of anilines is 1. The van der Waals surface area contributed by atoms with Crippen LogP contribution in [-0.4, -0.2) is 31.3 Å². The molecule has 0 heterocycles. The van der Waals surface area contributed by atoms with Crippen molar-refractivity contribution in [1.82, 2.24) is 10.9 Å². The molecule has 0 aliphatic carbocycles. The fourth-order valence-corrected chi connectivity index (χ4v) is 2.86. The third kappa shape index (κ3) is 5.34. The number of benzene rings is 2. The fourth-order valence-electron chi connectivity index (χ4n) is 2.86. The molecule has 0 radical (unpaired) electrons. The van der Waals surface area contributed by atoms with Gasteiger partial charge in [0.15, 0.2) is 0 Å². The number of hydrogen-bond acceptors (Lipinski definition) is 5. The third-order valence-corrected chi connectivity index (χ3v) is 4.64. The summed E-state index contributed by atoms with van der Waals surface area (Å²) in [6.45, 7) is 7.89. The van der Waals surface area contributed by atoms with Crippen molar-refractivity contribution in [2.75, 3.05) is 19.5 Å². The lowest BCUT2D eigenvalue weighted by molar-refractivity contribution is 0.0935. The molecule has 0 fully saturated rings. The van der Waals surface area contributed by atoms with Crippen molar-refractivity contribution in [2.45, 2.75) is 39.5 Å². The number of hydrogen-bond donors (Lipinski definition) is 4. The molecule has 30 heavy (non-hydrogen) atoms. The molecule has 0 bridgehead atoms. The number of rotatable bonds is 6. The highest BCUT2D eigenvalue weighted by molar-refractivity contribution is 5.99. The van der Waals surface area contributed by atoms with Crippen molar-refractivity contribution in [3.63, 3.8) is 0 Å². The summed E-state index contributed by atoms with van der Waals surface area (Å²) in [7, 11) is 2.99. The number of aromatic hydroxyl groups is 1. The summed E-state index contributed by atoms with van der Waals surface area (Å²) in [5.41, 5.74) is 6.72. The maximum Gasteiger partial charge on any atom is 0.338 e. The van der Waals surface area contributed by atoms with E-state index in [2.05, 4.69) is 16.2 Å². The number of urea groups is 1. The second-order valence-corrected chi connectivity index (χ2v) is 7.42. The van der Waals surface area contributed by atoms with Crippen LogP contribution in [0.2, 0.25) is 0 Å². The molecule has 0 unspecified atom stereocenters. The Balaban J connectivity index is 2.13. The first kappa shape index (κ1) is 22.9. The Hall–Kier alpha value is -3.42. The van der Waals surface area contributed by atoms with Crippen LogP contribution in [0.15, 0.2) is 30.3 Å². The van der Waals surface area contributed by atoms with Crippen molar-refractivity contribution in [3.05, 3.63) is 47.0 Å². The maximum atomic E-state index is 12.6. The smallest absolute Gasteiger partial charge is 0.338 e.